The number of aliphatic carboxylic acids is 1. The van der Waals surface area contributed by atoms with Crippen molar-refractivity contribution in [2.75, 3.05) is 20.1 Å². The molecule has 0 aliphatic carbocycles. The van der Waals surface area contributed by atoms with Crippen molar-refractivity contribution in [1.82, 2.24) is 9.80 Å². The van der Waals surface area contributed by atoms with E-state index in [1.165, 1.54) is 6.07 Å². The molecule has 0 bridgehead atoms. The molecule has 1 amide bonds. The first-order chi connectivity index (χ1) is 13.0. The van der Waals surface area contributed by atoms with Gasteiger partial charge in [-0.15, -0.1) is 0 Å². The van der Waals surface area contributed by atoms with Gasteiger partial charge in [-0.3, -0.25) is 9.69 Å². The Kier molecular flexibility index (Phi) is 7.03. The van der Waals surface area contributed by atoms with E-state index in [2.05, 4.69) is 4.90 Å². The van der Waals surface area contributed by atoms with Crippen LogP contribution in [0.5, 0.6) is 0 Å². The highest BCUT2D eigenvalue weighted by molar-refractivity contribution is 5.79. The maximum Gasteiger partial charge on any atom is 0.490 e. The van der Waals surface area contributed by atoms with Gasteiger partial charge in [-0.05, 0) is 49.9 Å². The number of hydrogen-bond acceptors (Lipinski definition) is 3. The van der Waals surface area contributed by atoms with Crippen LogP contribution in [-0.4, -0.2) is 58.6 Å². The van der Waals surface area contributed by atoms with E-state index < -0.39 is 12.1 Å². The number of rotatable bonds is 2. The summed E-state index contributed by atoms with van der Waals surface area (Å²) in [4.78, 5) is 25.1. The average molecular weight is 404 g/mol. The summed E-state index contributed by atoms with van der Waals surface area (Å²) < 4.78 is 45.0. The summed E-state index contributed by atoms with van der Waals surface area (Å²) in [5.74, 6) is -2.64. The second-order valence-electron chi connectivity index (χ2n) is 7.24. The molecule has 1 N–H and O–H groups in total. The Morgan fingerprint density at radius 2 is 1.89 bits per heavy atom. The van der Waals surface area contributed by atoms with Gasteiger partial charge in [-0.25, -0.2) is 9.18 Å². The predicted octanol–water partition coefficient (Wildman–Crippen LogP) is 3.44. The number of carboxylic acids is 1. The summed E-state index contributed by atoms with van der Waals surface area (Å²) in [7, 11) is 1.96. The number of hydrogen-bond donors (Lipinski definition) is 1. The fourth-order valence-corrected chi connectivity index (χ4v) is 3.81. The molecule has 9 heteroatoms. The van der Waals surface area contributed by atoms with Crippen LogP contribution in [0.3, 0.4) is 0 Å². The third-order valence-corrected chi connectivity index (χ3v) is 5.44. The SMILES string of the molecule is CN1C(=O)CCC12CCCN(Cc1cccc(F)c1)CC2.O=C(O)C(F)(F)F. The first-order valence-corrected chi connectivity index (χ1v) is 9.07. The maximum absolute atomic E-state index is 13.3. The number of carbonyl (C=O) groups is 2. The monoisotopic (exact) mass is 404 g/mol. The van der Waals surface area contributed by atoms with Gasteiger partial charge in [-0.2, -0.15) is 13.2 Å². The normalized spacial score (nSPS) is 23.3. The molecule has 156 valence electrons. The largest absolute Gasteiger partial charge is 0.490 e. The Labute approximate surface area is 160 Å². The molecule has 2 heterocycles. The Balaban J connectivity index is 0.000000345. The van der Waals surface area contributed by atoms with Crippen LogP contribution in [0, 0.1) is 5.82 Å². The zero-order valence-corrected chi connectivity index (χ0v) is 15.6. The van der Waals surface area contributed by atoms with Gasteiger partial charge < -0.3 is 10.0 Å². The molecule has 0 saturated carbocycles. The van der Waals surface area contributed by atoms with E-state index >= 15 is 0 Å². The molecule has 28 heavy (non-hydrogen) atoms. The summed E-state index contributed by atoms with van der Waals surface area (Å²) in [6.45, 7) is 2.81. The van der Waals surface area contributed by atoms with E-state index in [9.17, 15) is 22.4 Å². The third kappa shape index (κ3) is 5.67. The molecule has 2 aliphatic rings. The lowest BCUT2D eigenvalue weighted by molar-refractivity contribution is -0.192. The fraction of sp³-hybridized carbons (Fsp3) is 0.579. The van der Waals surface area contributed by atoms with Gasteiger partial charge in [0.1, 0.15) is 5.82 Å². The highest BCUT2D eigenvalue weighted by Gasteiger charge is 2.43. The summed E-state index contributed by atoms with van der Waals surface area (Å²) in [5.41, 5.74) is 1.11. The molecule has 1 aromatic rings. The van der Waals surface area contributed by atoms with Gasteiger partial charge in [0.05, 0.1) is 0 Å². The van der Waals surface area contributed by atoms with Crippen LogP contribution in [0.2, 0.25) is 0 Å². The smallest absolute Gasteiger partial charge is 0.475 e. The molecule has 2 saturated heterocycles. The highest BCUT2D eigenvalue weighted by atomic mass is 19.4. The number of carboxylic acid groups (broad SMARTS) is 1. The molecule has 1 aromatic carbocycles. The van der Waals surface area contributed by atoms with Crippen LogP contribution in [0.25, 0.3) is 0 Å². The Morgan fingerprint density at radius 3 is 2.43 bits per heavy atom. The van der Waals surface area contributed by atoms with Crippen LogP contribution in [0.4, 0.5) is 17.6 Å². The van der Waals surface area contributed by atoms with Crippen LogP contribution < -0.4 is 0 Å². The molecule has 5 nitrogen and oxygen atoms in total. The van der Waals surface area contributed by atoms with Crippen molar-refractivity contribution < 1.29 is 32.3 Å². The molecular weight excluding hydrogens is 380 g/mol. The van der Waals surface area contributed by atoms with Crippen molar-refractivity contribution in [2.24, 2.45) is 0 Å². The zero-order chi connectivity index (χ0) is 20.9. The summed E-state index contributed by atoms with van der Waals surface area (Å²) in [5, 5.41) is 7.12. The van der Waals surface area contributed by atoms with Crippen molar-refractivity contribution >= 4 is 11.9 Å². The quantitative estimate of drug-likeness (QED) is 0.768. The van der Waals surface area contributed by atoms with Gasteiger partial charge >= 0.3 is 12.1 Å². The lowest BCUT2D eigenvalue weighted by Crippen LogP contribution is -2.43. The standard InChI is InChI=1S/C17H23FN2O.C2HF3O2/c1-19-16(21)6-8-17(19)7-3-10-20(11-9-17)13-14-4-2-5-15(18)12-14;3-2(4,5)1(6)7/h2,4-5,12H,3,6-11,13H2,1H3;(H,6,7). The van der Waals surface area contributed by atoms with Crippen molar-refractivity contribution in [3.8, 4) is 0 Å². The first-order valence-electron chi connectivity index (χ1n) is 9.07. The molecule has 2 aliphatic heterocycles. The number of benzene rings is 1. The Morgan fingerprint density at radius 1 is 1.21 bits per heavy atom. The zero-order valence-electron chi connectivity index (χ0n) is 15.6. The predicted molar refractivity (Wildman–Crippen MR) is 94.0 cm³/mol. The molecule has 0 aromatic heterocycles. The van der Waals surface area contributed by atoms with Crippen LogP contribution in [-0.2, 0) is 16.1 Å². The van der Waals surface area contributed by atoms with Crippen molar-refractivity contribution in [3.05, 3.63) is 35.6 Å². The van der Waals surface area contributed by atoms with Gasteiger partial charge in [0.25, 0.3) is 0 Å². The second-order valence-corrected chi connectivity index (χ2v) is 7.24. The lowest BCUT2D eigenvalue weighted by Gasteiger charge is -2.35. The summed E-state index contributed by atoms with van der Waals surface area (Å²) in [6.07, 6.45) is -0.164. The minimum absolute atomic E-state index is 0.0772. The lowest BCUT2D eigenvalue weighted by atomic mass is 9.88. The minimum atomic E-state index is -5.08. The van der Waals surface area contributed by atoms with Gasteiger partial charge in [0.2, 0.25) is 5.91 Å². The van der Waals surface area contributed by atoms with E-state index in [0.717, 1.165) is 50.9 Å². The number of halogens is 4. The Bertz CT molecular complexity index is 711. The van der Waals surface area contributed by atoms with Gasteiger partial charge in [0, 0.05) is 32.1 Å². The second kappa shape index (κ2) is 8.89. The topological polar surface area (TPSA) is 60.9 Å². The maximum atomic E-state index is 13.3. The number of amides is 1. The van der Waals surface area contributed by atoms with Crippen LogP contribution in [0.1, 0.15) is 37.7 Å². The summed E-state index contributed by atoms with van der Waals surface area (Å²) in [6, 6.07) is 6.86. The number of alkyl halides is 3. The molecule has 0 radical (unpaired) electrons. The third-order valence-electron chi connectivity index (χ3n) is 5.44. The highest BCUT2D eigenvalue weighted by Crippen LogP contribution is 2.38. The van der Waals surface area contributed by atoms with Crippen LogP contribution in [0.15, 0.2) is 24.3 Å². The van der Waals surface area contributed by atoms with Crippen molar-refractivity contribution in [3.63, 3.8) is 0 Å². The van der Waals surface area contributed by atoms with Crippen molar-refractivity contribution in [2.45, 2.75) is 50.4 Å². The summed E-state index contributed by atoms with van der Waals surface area (Å²) >= 11 is 0. The molecule has 1 unspecified atom stereocenters. The fourth-order valence-electron chi connectivity index (χ4n) is 3.81. The number of likely N-dealkylation sites (tertiary alicyclic amines) is 2. The molecule has 2 fully saturated rings. The van der Waals surface area contributed by atoms with E-state index in [1.54, 1.807) is 12.1 Å². The number of nitrogens with zero attached hydrogens (tertiary/aromatic N) is 2. The van der Waals surface area contributed by atoms with E-state index in [4.69, 9.17) is 9.90 Å². The van der Waals surface area contributed by atoms with Crippen molar-refractivity contribution in [1.29, 1.82) is 0 Å². The molecule has 1 spiro atoms. The molecular formula is C19H24F4N2O3. The number of carbonyl (C=O) groups excluding carboxylic acids is 1. The van der Waals surface area contributed by atoms with E-state index in [-0.39, 0.29) is 17.3 Å². The molecule has 3 rings (SSSR count). The minimum Gasteiger partial charge on any atom is -0.475 e. The first kappa shape index (κ1) is 22.1. The van der Waals surface area contributed by atoms with E-state index in [1.807, 2.05) is 18.0 Å². The van der Waals surface area contributed by atoms with Gasteiger partial charge in [0.15, 0.2) is 0 Å². The van der Waals surface area contributed by atoms with Gasteiger partial charge in [-0.1, -0.05) is 12.1 Å². The van der Waals surface area contributed by atoms with Crippen LogP contribution >= 0.6 is 0 Å². The Hall–Kier alpha value is -2.16. The molecule has 1 atom stereocenters. The average Bonchev–Trinajstić information content (AvgIpc) is 2.78. The van der Waals surface area contributed by atoms with E-state index in [0.29, 0.717) is 6.42 Å².